The third kappa shape index (κ3) is 1.84. The summed E-state index contributed by atoms with van der Waals surface area (Å²) in [7, 11) is 3.75. The molecule has 4 nitrogen and oxygen atoms in total. The molecule has 1 atom stereocenters. The van der Waals surface area contributed by atoms with E-state index in [1.807, 2.05) is 31.9 Å². The standard InChI is InChI=1S/C9H13N3O/c1-6-8(5-13)7(2)11-9(10-6)12(3)4/h6H,1-4H3. The fourth-order valence-corrected chi connectivity index (χ4v) is 1.15. The van der Waals surface area contributed by atoms with Crippen molar-refractivity contribution in [1.82, 2.24) is 4.90 Å². The second-order valence-corrected chi connectivity index (χ2v) is 3.21. The monoisotopic (exact) mass is 179 g/mol. The third-order valence-electron chi connectivity index (χ3n) is 1.89. The lowest BCUT2D eigenvalue weighted by Gasteiger charge is -2.20. The Bertz CT molecular complexity index is 322. The van der Waals surface area contributed by atoms with Crippen LogP contribution in [0.3, 0.4) is 0 Å². The molecule has 0 amide bonds. The van der Waals surface area contributed by atoms with Gasteiger partial charge in [-0.25, -0.2) is 14.8 Å². The van der Waals surface area contributed by atoms with Crippen LogP contribution in [0.1, 0.15) is 13.8 Å². The molecule has 0 N–H and O–H groups in total. The van der Waals surface area contributed by atoms with Gasteiger partial charge < -0.3 is 4.90 Å². The Morgan fingerprint density at radius 2 is 2.08 bits per heavy atom. The molecule has 0 radical (unpaired) electrons. The molecule has 1 aliphatic heterocycles. The summed E-state index contributed by atoms with van der Waals surface area (Å²) in [5, 5.41) is 0. The summed E-state index contributed by atoms with van der Waals surface area (Å²) in [6, 6.07) is -0.132. The van der Waals surface area contributed by atoms with Gasteiger partial charge in [0.05, 0.1) is 17.3 Å². The number of guanidine groups is 1. The van der Waals surface area contributed by atoms with Crippen molar-refractivity contribution in [3.63, 3.8) is 0 Å². The molecule has 0 aromatic rings. The fraction of sp³-hybridized carbons (Fsp3) is 0.556. The highest BCUT2D eigenvalue weighted by molar-refractivity contribution is 6.12. The Balaban J connectivity index is 3.07. The average Bonchev–Trinajstić information content (AvgIpc) is 2.03. The zero-order valence-electron chi connectivity index (χ0n) is 8.33. The Hall–Kier alpha value is -1.41. The molecule has 0 aromatic carbocycles. The smallest absolute Gasteiger partial charge is 0.220 e. The molecule has 1 heterocycles. The minimum absolute atomic E-state index is 0.132. The van der Waals surface area contributed by atoms with E-state index in [-0.39, 0.29) is 6.04 Å². The van der Waals surface area contributed by atoms with E-state index in [0.717, 1.165) is 0 Å². The van der Waals surface area contributed by atoms with Crippen molar-refractivity contribution in [1.29, 1.82) is 0 Å². The van der Waals surface area contributed by atoms with E-state index in [2.05, 4.69) is 9.98 Å². The first-order valence-electron chi connectivity index (χ1n) is 4.12. The average molecular weight is 179 g/mol. The first kappa shape index (κ1) is 9.68. The Morgan fingerprint density at radius 1 is 1.46 bits per heavy atom. The van der Waals surface area contributed by atoms with Gasteiger partial charge in [-0.05, 0) is 13.8 Å². The molecular weight excluding hydrogens is 166 g/mol. The molecule has 70 valence electrons. The summed E-state index contributed by atoms with van der Waals surface area (Å²) in [5.74, 6) is 2.53. The van der Waals surface area contributed by atoms with Crippen LogP contribution in [0.25, 0.3) is 0 Å². The normalized spacial score (nSPS) is 21.8. The number of carbonyl (C=O) groups excluding carboxylic acids is 1. The second-order valence-electron chi connectivity index (χ2n) is 3.21. The highest BCUT2D eigenvalue weighted by Gasteiger charge is 2.19. The largest absolute Gasteiger partial charge is 0.347 e. The maximum absolute atomic E-state index is 10.5. The van der Waals surface area contributed by atoms with Crippen LogP contribution < -0.4 is 0 Å². The van der Waals surface area contributed by atoms with Crippen LogP contribution in [0.2, 0.25) is 0 Å². The maximum atomic E-state index is 10.5. The maximum Gasteiger partial charge on any atom is 0.220 e. The van der Waals surface area contributed by atoms with Crippen LogP contribution >= 0.6 is 0 Å². The molecule has 4 heteroatoms. The molecule has 1 rings (SSSR count). The zero-order chi connectivity index (χ0) is 10.0. The predicted molar refractivity (Wildman–Crippen MR) is 52.9 cm³/mol. The van der Waals surface area contributed by atoms with Crippen LogP contribution in [0.15, 0.2) is 15.6 Å². The van der Waals surface area contributed by atoms with Gasteiger partial charge in [-0.2, -0.15) is 0 Å². The van der Waals surface area contributed by atoms with Gasteiger partial charge in [-0.15, -0.1) is 0 Å². The minimum atomic E-state index is -0.132. The number of nitrogens with zero attached hydrogens (tertiary/aromatic N) is 3. The van der Waals surface area contributed by atoms with Crippen LogP contribution in [-0.2, 0) is 4.79 Å². The number of aliphatic imine (C=N–C) groups is 2. The predicted octanol–water partition coefficient (Wildman–Crippen LogP) is 0.525. The van der Waals surface area contributed by atoms with Crippen molar-refractivity contribution >= 4 is 17.6 Å². The molecule has 0 aromatic heterocycles. The van der Waals surface area contributed by atoms with Crippen LogP contribution in [-0.4, -0.2) is 42.6 Å². The summed E-state index contributed by atoms with van der Waals surface area (Å²) in [6.07, 6.45) is 0. The Kier molecular flexibility index (Phi) is 2.63. The van der Waals surface area contributed by atoms with E-state index < -0.39 is 0 Å². The van der Waals surface area contributed by atoms with Gasteiger partial charge in [-0.1, -0.05) is 0 Å². The van der Waals surface area contributed by atoms with Gasteiger partial charge in [0, 0.05) is 14.1 Å². The van der Waals surface area contributed by atoms with E-state index in [1.165, 1.54) is 0 Å². The highest BCUT2D eigenvalue weighted by Crippen LogP contribution is 2.12. The third-order valence-corrected chi connectivity index (χ3v) is 1.89. The summed E-state index contributed by atoms with van der Waals surface area (Å²) < 4.78 is 0. The molecule has 0 saturated heterocycles. The summed E-state index contributed by atoms with van der Waals surface area (Å²) >= 11 is 0. The van der Waals surface area contributed by atoms with E-state index in [1.54, 1.807) is 6.92 Å². The van der Waals surface area contributed by atoms with Crippen molar-refractivity contribution < 1.29 is 4.79 Å². The van der Waals surface area contributed by atoms with Crippen molar-refractivity contribution in [2.24, 2.45) is 9.98 Å². The quantitative estimate of drug-likeness (QED) is 0.509. The molecule has 1 unspecified atom stereocenters. The van der Waals surface area contributed by atoms with Gasteiger partial charge in [0.25, 0.3) is 0 Å². The van der Waals surface area contributed by atoms with E-state index >= 15 is 0 Å². The van der Waals surface area contributed by atoms with E-state index in [4.69, 9.17) is 0 Å². The van der Waals surface area contributed by atoms with Crippen molar-refractivity contribution in [3.05, 3.63) is 5.57 Å². The van der Waals surface area contributed by atoms with Crippen LogP contribution in [0.5, 0.6) is 0 Å². The van der Waals surface area contributed by atoms with E-state index in [9.17, 15) is 4.79 Å². The Morgan fingerprint density at radius 3 is 2.46 bits per heavy atom. The molecule has 1 aliphatic rings. The minimum Gasteiger partial charge on any atom is -0.347 e. The summed E-state index contributed by atoms with van der Waals surface area (Å²) in [6.45, 7) is 3.66. The summed E-state index contributed by atoms with van der Waals surface area (Å²) in [4.78, 5) is 20.8. The van der Waals surface area contributed by atoms with Gasteiger partial charge in [-0.3, -0.25) is 0 Å². The highest BCUT2D eigenvalue weighted by atomic mass is 16.1. The SMILES string of the molecule is CC1=NC(N(C)C)=NC(C)C1=C=O. The van der Waals surface area contributed by atoms with Crippen molar-refractivity contribution in [3.8, 4) is 0 Å². The Labute approximate surface area is 77.7 Å². The zero-order valence-corrected chi connectivity index (χ0v) is 8.33. The lowest BCUT2D eigenvalue weighted by molar-refractivity contribution is 0.565. The topological polar surface area (TPSA) is 45.0 Å². The lowest BCUT2D eigenvalue weighted by atomic mass is 10.1. The van der Waals surface area contributed by atoms with Crippen molar-refractivity contribution in [2.45, 2.75) is 19.9 Å². The number of hydrogen-bond donors (Lipinski definition) is 0. The molecule has 0 aliphatic carbocycles. The van der Waals surface area contributed by atoms with Crippen LogP contribution in [0.4, 0.5) is 0 Å². The van der Waals surface area contributed by atoms with Gasteiger partial charge >= 0.3 is 0 Å². The van der Waals surface area contributed by atoms with E-state index in [0.29, 0.717) is 17.2 Å². The first-order valence-corrected chi connectivity index (χ1v) is 4.12. The molecule has 0 bridgehead atoms. The van der Waals surface area contributed by atoms with Gasteiger partial charge in [0.2, 0.25) is 5.96 Å². The lowest BCUT2D eigenvalue weighted by Crippen LogP contribution is -2.29. The van der Waals surface area contributed by atoms with Gasteiger partial charge in [0.1, 0.15) is 5.94 Å². The van der Waals surface area contributed by atoms with Crippen molar-refractivity contribution in [2.75, 3.05) is 14.1 Å². The first-order chi connectivity index (χ1) is 6.06. The number of rotatable bonds is 0. The second kappa shape index (κ2) is 3.54. The fourth-order valence-electron chi connectivity index (χ4n) is 1.15. The molecule has 0 fully saturated rings. The molecule has 0 saturated carbocycles. The van der Waals surface area contributed by atoms with Gasteiger partial charge in [0.15, 0.2) is 0 Å². The molecular formula is C9H13N3O. The molecule has 0 spiro atoms. The number of hydrogen-bond acceptors (Lipinski definition) is 4. The molecule has 13 heavy (non-hydrogen) atoms. The summed E-state index contributed by atoms with van der Waals surface area (Å²) in [5.41, 5.74) is 1.26. The van der Waals surface area contributed by atoms with Crippen LogP contribution in [0, 0.1) is 0 Å².